The highest BCUT2D eigenvalue weighted by molar-refractivity contribution is 5.36. The zero-order valence-electron chi connectivity index (χ0n) is 7.79. The van der Waals surface area contributed by atoms with Crippen molar-refractivity contribution in [2.24, 2.45) is 0 Å². The molecule has 0 amide bonds. The van der Waals surface area contributed by atoms with Crippen LogP contribution in [0.15, 0.2) is 12.2 Å². The number of hydrogen-bond donors (Lipinski definition) is 0. The number of unbranched alkanes of at least 4 members (excludes halogenated alkanes) is 3. The lowest BCUT2D eigenvalue weighted by Crippen LogP contribution is -1.87. The molecule has 0 aromatic carbocycles. The van der Waals surface area contributed by atoms with E-state index >= 15 is 0 Å². The molecule has 0 bridgehead atoms. The molecule has 2 heteroatoms. The van der Waals surface area contributed by atoms with E-state index < -0.39 is 0 Å². The van der Waals surface area contributed by atoms with Crippen LogP contribution >= 0.6 is 0 Å². The van der Waals surface area contributed by atoms with Crippen LogP contribution in [0.5, 0.6) is 0 Å². The fourth-order valence-corrected chi connectivity index (χ4v) is 0.932. The second kappa shape index (κ2) is 10.2. The van der Waals surface area contributed by atoms with Crippen LogP contribution < -0.4 is 0 Å². The highest BCUT2D eigenvalue weighted by Gasteiger charge is 1.82. The standard InChI is InChI=1S/C10H18O2/c1-2-3-4-5-6-7-8-9-12-10-11/h6-7,10H,2-5,8-9H2,1H3. The minimum absolute atomic E-state index is 0.491. The molecule has 0 fully saturated rings. The highest BCUT2D eigenvalue weighted by Crippen LogP contribution is 1.99. The van der Waals surface area contributed by atoms with E-state index in [2.05, 4.69) is 23.8 Å². The maximum Gasteiger partial charge on any atom is 0.293 e. The fourth-order valence-electron chi connectivity index (χ4n) is 0.932. The van der Waals surface area contributed by atoms with Crippen LogP contribution in [0.25, 0.3) is 0 Å². The summed E-state index contributed by atoms with van der Waals surface area (Å²) in [4.78, 5) is 9.73. The Bertz CT molecular complexity index is 119. The molecule has 0 rings (SSSR count). The van der Waals surface area contributed by atoms with Gasteiger partial charge in [-0.15, -0.1) is 0 Å². The van der Waals surface area contributed by atoms with E-state index in [1.54, 1.807) is 0 Å². The van der Waals surface area contributed by atoms with E-state index in [1.807, 2.05) is 0 Å². The number of ether oxygens (including phenoxy) is 1. The molecule has 0 saturated carbocycles. The Morgan fingerprint density at radius 3 is 2.58 bits per heavy atom. The average molecular weight is 170 g/mol. The summed E-state index contributed by atoms with van der Waals surface area (Å²) in [5, 5.41) is 0. The van der Waals surface area contributed by atoms with Gasteiger partial charge in [-0.2, -0.15) is 0 Å². The molecular formula is C10H18O2. The van der Waals surface area contributed by atoms with Gasteiger partial charge >= 0.3 is 0 Å². The van der Waals surface area contributed by atoms with E-state index in [9.17, 15) is 4.79 Å². The summed E-state index contributed by atoms with van der Waals surface area (Å²) in [6.45, 7) is 3.19. The van der Waals surface area contributed by atoms with Crippen molar-refractivity contribution in [2.75, 3.05) is 6.61 Å². The van der Waals surface area contributed by atoms with Gasteiger partial charge in [-0.05, 0) is 19.3 Å². The molecule has 0 N–H and O–H groups in total. The predicted molar refractivity (Wildman–Crippen MR) is 49.9 cm³/mol. The lowest BCUT2D eigenvalue weighted by atomic mass is 10.2. The van der Waals surface area contributed by atoms with Crippen molar-refractivity contribution in [3.8, 4) is 0 Å². The first-order valence-corrected chi connectivity index (χ1v) is 4.62. The van der Waals surface area contributed by atoms with Gasteiger partial charge in [-0.3, -0.25) is 4.79 Å². The van der Waals surface area contributed by atoms with Gasteiger partial charge in [0.15, 0.2) is 0 Å². The minimum Gasteiger partial charge on any atom is -0.468 e. The number of allylic oxidation sites excluding steroid dienone is 1. The van der Waals surface area contributed by atoms with Crippen LogP contribution in [0.2, 0.25) is 0 Å². The Hall–Kier alpha value is -0.790. The third-order valence-electron chi connectivity index (χ3n) is 1.61. The van der Waals surface area contributed by atoms with E-state index in [1.165, 1.54) is 19.3 Å². The van der Waals surface area contributed by atoms with Crippen molar-refractivity contribution in [1.82, 2.24) is 0 Å². The fraction of sp³-hybridized carbons (Fsp3) is 0.700. The third-order valence-corrected chi connectivity index (χ3v) is 1.61. The average Bonchev–Trinajstić information content (AvgIpc) is 2.10. The minimum atomic E-state index is 0.491. The molecular weight excluding hydrogens is 152 g/mol. The monoisotopic (exact) mass is 170 g/mol. The molecule has 0 spiro atoms. The Morgan fingerprint density at radius 2 is 1.92 bits per heavy atom. The molecule has 0 heterocycles. The molecule has 12 heavy (non-hydrogen) atoms. The van der Waals surface area contributed by atoms with Gasteiger partial charge in [0.2, 0.25) is 0 Å². The number of carbonyl (C=O) groups is 1. The SMILES string of the molecule is CCCCCC=CCCOC=O. The molecule has 0 aliphatic heterocycles. The molecule has 0 aromatic rings. The van der Waals surface area contributed by atoms with Crippen LogP contribution in [0.1, 0.15) is 39.0 Å². The summed E-state index contributed by atoms with van der Waals surface area (Å²) in [6, 6.07) is 0. The van der Waals surface area contributed by atoms with Crippen LogP contribution in [-0.4, -0.2) is 13.1 Å². The molecule has 0 saturated heterocycles. The number of rotatable bonds is 8. The summed E-state index contributed by atoms with van der Waals surface area (Å²) in [5.74, 6) is 0. The van der Waals surface area contributed by atoms with Crippen molar-refractivity contribution < 1.29 is 9.53 Å². The predicted octanol–water partition coefficient (Wildman–Crippen LogP) is 2.69. The first-order valence-electron chi connectivity index (χ1n) is 4.62. The zero-order chi connectivity index (χ0) is 9.07. The summed E-state index contributed by atoms with van der Waals surface area (Å²) in [7, 11) is 0. The van der Waals surface area contributed by atoms with Gasteiger partial charge in [-0.1, -0.05) is 31.9 Å². The molecule has 0 atom stereocenters. The largest absolute Gasteiger partial charge is 0.468 e. The molecule has 0 radical (unpaired) electrons. The van der Waals surface area contributed by atoms with Gasteiger partial charge < -0.3 is 4.74 Å². The van der Waals surface area contributed by atoms with E-state index in [0.717, 1.165) is 12.8 Å². The highest BCUT2D eigenvalue weighted by atomic mass is 16.5. The van der Waals surface area contributed by atoms with Gasteiger partial charge in [-0.25, -0.2) is 0 Å². The van der Waals surface area contributed by atoms with Gasteiger partial charge in [0, 0.05) is 0 Å². The lowest BCUT2D eigenvalue weighted by Gasteiger charge is -1.93. The Morgan fingerprint density at radius 1 is 1.17 bits per heavy atom. The van der Waals surface area contributed by atoms with E-state index in [4.69, 9.17) is 0 Å². The first kappa shape index (κ1) is 11.2. The quantitative estimate of drug-likeness (QED) is 0.318. The normalized spacial score (nSPS) is 10.4. The molecule has 0 aliphatic carbocycles. The topological polar surface area (TPSA) is 26.3 Å². The van der Waals surface area contributed by atoms with Crippen molar-refractivity contribution in [1.29, 1.82) is 0 Å². The zero-order valence-corrected chi connectivity index (χ0v) is 7.79. The van der Waals surface area contributed by atoms with Gasteiger partial charge in [0.1, 0.15) is 0 Å². The Labute approximate surface area is 74.6 Å². The van der Waals surface area contributed by atoms with Crippen molar-refractivity contribution in [2.45, 2.75) is 39.0 Å². The van der Waals surface area contributed by atoms with Gasteiger partial charge in [0.05, 0.1) is 6.61 Å². The summed E-state index contributed by atoms with van der Waals surface area (Å²) in [5.41, 5.74) is 0. The van der Waals surface area contributed by atoms with Crippen LogP contribution in [-0.2, 0) is 9.53 Å². The van der Waals surface area contributed by atoms with Crippen LogP contribution in [0.3, 0.4) is 0 Å². The molecule has 0 unspecified atom stereocenters. The van der Waals surface area contributed by atoms with Crippen molar-refractivity contribution >= 4 is 6.47 Å². The lowest BCUT2D eigenvalue weighted by molar-refractivity contribution is -0.128. The number of carbonyl (C=O) groups excluding carboxylic acids is 1. The van der Waals surface area contributed by atoms with Gasteiger partial charge in [0.25, 0.3) is 6.47 Å². The van der Waals surface area contributed by atoms with Crippen LogP contribution in [0, 0.1) is 0 Å². The maximum absolute atomic E-state index is 9.73. The summed E-state index contributed by atoms with van der Waals surface area (Å²) in [6.07, 6.45) is 10.0. The Kier molecular flexibility index (Phi) is 9.54. The molecule has 2 nitrogen and oxygen atoms in total. The first-order chi connectivity index (χ1) is 5.91. The third kappa shape index (κ3) is 9.21. The van der Waals surface area contributed by atoms with Crippen LogP contribution in [0.4, 0.5) is 0 Å². The Balaban J connectivity index is 2.98. The van der Waals surface area contributed by atoms with E-state index in [-0.39, 0.29) is 0 Å². The second-order valence-electron chi connectivity index (χ2n) is 2.72. The van der Waals surface area contributed by atoms with Crippen molar-refractivity contribution in [3.63, 3.8) is 0 Å². The molecule has 0 aliphatic rings. The number of hydrogen-bond acceptors (Lipinski definition) is 2. The summed E-state index contributed by atoms with van der Waals surface area (Å²) < 4.78 is 4.53. The maximum atomic E-state index is 9.73. The van der Waals surface area contributed by atoms with Crippen molar-refractivity contribution in [3.05, 3.63) is 12.2 Å². The molecule has 70 valence electrons. The summed E-state index contributed by atoms with van der Waals surface area (Å²) >= 11 is 0. The van der Waals surface area contributed by atoms with E-state index in [0.29, 0.717) is 13.1 Å². The smallest absolute Gasteiger partial charge is 0.293 e. The second-order valence-corrected chi connectivity index (χ2v) is 2.72. The molecule has 0 aromatic heterocycles.